The number of rotatable bonds is 5. The number of methoxy groups -OCH3 is 1. The van der Waals surface area contributed by atoms with E-state index in [1.54, 1.807) is 12.1 Å². The highest BCUT2D eigenvalue weighted by atomic mass is 19.1. The zero-order valence-electron chi connectivity index (χ0n) is 11.9. The Labute approximate surface area is 121 Å². The second kappa shape index (κ2) is 6.25. The van der Waals surface area contributed by atoms with Crippen LogP contribution in [-0.4, -0.2) is 29.4 Å². The van der Waals surface area contributed by atoms with E-state index in [9.17, 15) is 9.18 Å². The maximum Gasteiger partial charge on any atom is 0.345 e. The molecule has 3 N–H and O–H groups in total. The topological polar surface area (TPSA) is 82.2 Å². The standard InChI is InChI=1S/C14H17FN4O2/c1-3-17-13-11(14(20)21-2)12(16)19(18-13)8-9-5-4-6-10(15)7-9/h4-7H,3,8,16H2,1-2H3,(H,17,18). The maximum atomic E-state index is 13.2. The normalized spacial score (nSPS) is 10.4. The molecule has 0 unspecified atom stereocenters. The molecule has 21 heavy (non-hydrogen) atoms. The number of benzene rings is 1. The second-order valence-electron chi connectivity index (χ2n) is 4.42. The Morgan fingerprint density at radius 1 is 1.52 bits per heavy atom. The quantitative estimate of drug-likeness (QED) is 0.822. The third-order valence-electron chi connectivity index (χ3n) is 2.95. The first-order valence-electron chi connectivity index (χ1n) is 6.49. The van der Waals surface area contributed by atoms with Crippen molar-refractivity contribution >= 4 is 17.6 Å². The number of nitrogen functional groups attached to an aromatic ring is 1. The molecule has 6 nitrogen and oxygen atoms in total. The summed E-state index contributed by atoms with van der Waals surface area (Å²) >= 11 is 0. The molecule has 0 bridgehead atoms. The number of nitrogens with zero attached hydrogens (tertiary/aromatic N) is 2. The lowest BCUT2D eigenvalue weighted by Crippen LogP contribution is -2.10. The van der Waals surface area contributed by atoms with Gasteiger partial charge in [-0.25, -0.2) is 13.9 Å². The van der Waals surface area contributed by atoms with Crippen LogP contribution in [0.5, 0.6) is 0 Å². The van der Waals surface area contributed by atoms with E-state index >= 15 is 0 Å². The molecule has 0 saturated heterocycles. The van der Waals surface area contributed by atoms with Gasteiger partial charge in [-0.2, -0.15) is 5.10 Å². The highest BCUT2D eigenvalue weighted by Gasteiger charge is 2.22. The van der Waals surface area contributed by atoms with Crippen molar-refractivity contribution in [2.75, 3.05) is 24.7 Å². The molecular formula is C14H17FN4O2. The van der Waals surface area contributed by atoms with E-state index in [0.717, 1.165) is 0 Å². The smallest absolute Gasteiger partial charge is 0.345 e. The Balaban J connectivity index is 2.38. The van der Waals surface area contributed by atoms with Gasteiger partial charge in [0.15, 0.2) is 5.82 Å². The van der Waals surface area contributed by atoms with Crippen LogP contribution in [0, 0.1) is 5.82 Å². The van der Waals surface area contributed by atoms with E-state index in [2.05, 4.69) is 10.4 Å². The lowest BCUT2D eigenvalue weighted by Gasteiger charge is -2.04. The predicted molar refractivity (Wildman–Crippen MR) is 77.6 cm³/mol. The molecule has 1 aromatic carbocycles. The Hall–Kier alpha value is -2.57. The molecular weight excluding hydrogens is 275 g/mol. The molecule has 2 rings (SSSR count). The van der Waals surface area contributed by atoms with Crippen molar-refractivity contribution in [1.29, 1.82) is 0 Å². The van der Waals surface area contributed by atoms with Gasteiger partial charge >= 0.3 is 5.97 Å². The van der Waals surface area contributed by atoms with Gasteiger partial charge in [0, 0.05) is 6.54 Å². The number of carbonyl (C=O) groups excluding carboxylic acids is 1. The van der Waals surface area contributed by atoms with Gasteiger partial charge < -0.3 is 15.8 Å². The lowest BCUT2D eigenvalue weighted by atomic mass is 10.2. The van der Waals surface area contributed by atoms with Crippen molar-refractivity contribution in [3.05, 3.63) is 41.2 Å². The monoisotopic (exact) mass is 292 g/mol. The van der Waals surface area contributed by atoms with E-state index in [4.69, 9.17) is 10.5 Å². The van der Waals surface area contributed by atoms with Crippen LogP contribution in [0.15, 0.2) is 24.3 Å². The average molecular weight is 292 g/mol. The minimum atomic E-state index is -0.561. The first-order chi connectivity index (χ1) is 10.1. The van der Waals surface area contributed by atoms with Crippen LogP contribution in [0.2, 0.25) is 0 Å². The van der Waals surface area contributed by atoms with Gasteiger partial charge in [-0.15, -0.1) is 0 Å². The van der Waals surface area contributed by atoms with Crippen LogP contribution in [0.25, 0.3) is 0 Å². The largest absolute Gasteiger partial charge is 0.465 e. The zero-order chi connectivity index (χ0) is 15.4. The second-order valence-corrected chi connectivity index (χ2v) is 4.42. The van der Waals surface area contributed by atoms with Gasteiger partial charge in [-0.3, -0.25) is 0 Å². The number of hydrogen-bond donors (Lipinski definition) is 2. The summed E-state index contributed by atoms with van der Waals surface area (Å²) in [6.45, 7) is 2.72. The summed E-state index contributed by atoms with van der Waals surface area (Å²) in [6.07, 6.45) is 0. The fraction of sp³-hybridized carbons (Fsp3) is 0.286. The average Bonchev–Trinajstić information content (AvgIpc) is 2.75. The number of ether oxygens (including phenoxy) is 1. The van der Waals surface area contributed by atoms with Crippen molar-refractivity contribution in [2.24, 2.45) is 0 Å². The van der Waals surface area contributed by atoms with E-state index in [0.29, 0.717) is 17.9 Å². The van der Waals surface area contributed by atoms with Gasteiger partial charge in [-0.05, 0) is 24.6 Å². The summed E-state index contributed by atoms with van der Waals surface area (Å²) < 4.78 is 19.4. The fourth-order valence-corrected chi connectivity index (χ4v) is 2.00. The summed E-state index contributed by atoms with van der Waals surface area (Å²) in [5.74, 6) is -0.354. The van der Waals surface area contributed by atoms with Gasteiger partial charge in [-0.1, -0.05) is 12.1 Å². The van der Waals surface area contributed by atoms with Crippen molar-refractivity contribution in [2.45, 2.75) is 13.5 Å². The van der Waals surface area contributed by atoms with Gasteiger partial charge in [0.05, 0.1) is 13.7 Å². The van der Waals surface area contributed by atoms with Gasteiger partial charge in [0.25, 0.3) is 0 Å². The molecule has 0 fully saturated rings. The van der Waals surface area contributed by atoms with E-state index in [1.807, 2.05) is 6.92 Å². The van der Waals surface area contributed by atoms with Crippen LogP contribution in [0.3, 0.4) is 0 Å². The van der Waals surface area contributed by atoms with E-state index in [1.165, 1.54) is 23.9 Å². The summed E-state index contributed by atoms with van der Waals surface area (Å²) in [6, 6.07) is 6.12. The number of anilines is 2. The summed E-state index contributed by atoms with van der Waals surface area (Å²) in [5, 5.41) is 7.21. The molecule has 0 amide bonds. The first kappa shape index (κ1) is 14.8. The number of carbonyl (C=O) groups is 1. The number of esters is 1. The highest BCUT2D eigenvalue weighted by molar-refractivity contribution is 5.99. The highest BCUT2D eigenvalue weighted by Crippen LogP contribution is 2.23. The lowest BCUT2D eigenvalue weighted by molar-refractivity contribution is 0.0603. The van der Waals surface area contributed by atoms with Gasteiger partial charge in [0.2, 0.25) is 0 Å². The molecule has 2 aromatic rings. The molecule has 0 aliphatic rings. The Morgan fingerprint density at radius 2 is 2.29 bits per heavy atom. The van der Waals surface area contributed by atoms with Crippen LogP contribution in [0.1, 0.15) is 22.8 Å². The van der Waals surface area contributed by atoms with Crippen molar-refractivity contribution in [3.63, 3.8) is 0 Å². The van der Waals surface area contributed by atoms with Crippen LogP contribution in [0.4, 0.5) is 16.0 Å². The van der Waals surface area contributed by atoms with E-state index in [-0.39, 0.29) is 23.7 Å². The minimum Gasteiger partial charge on any atom is -0.465 e. The third-order valence-corrected chi connectivity index (χ3v) is 2.95. The first-order valence-corrected chi connectivity index (χ1v) is 6.49. The Kier molecular flexibility index (Phi) is 4.42. The van der Waals surface area contributed by atoms with Gasteiger partial charge in [0.1, 0.15) is 17.2 Å². The van der Waals surface area contributed by atoms with Crippen LogP contribution >= 0.6 is 0 Å². The minimum absolute atomic E-state index is 0.182. The van der Waals surface area contributed by atoms with E-state index < -0.39 is 5.97 Å². The number of aromatic nitrogens is 2. The molecule has 0 spiro atoms. The summed E-state index contributed by atoms with van der Waals surface area (Å²) in [4.78, 5) is 11.8. The Morgan fingerprint density at radius 3 is 2.90 bits per heavy atom. The van der Waals surface area contributed by atoms with Crippen molar-refractivity contribution < 1.29 is 13.9 Å². The van der Waals surface area contributed by atoms with Crippen LogP contribution in [-0.2, 0) is 11.3 Å². The van der Waals surface area contributed by atoms with Crippen molar-refractivity contribution in [3.8, 4) is 0 Å². The summed E-state index contributed by atoms with van der Waals surface area (Å²) in [7, 11) is 1.28. The molecule has 0 aliphatic carbocycles. The Bertz CT molecular complexity index is 654. The predicted octanol–water partition coefficient (Wildman–Crippen LogP) is 1.87. The van der Waals surface area contributed by atoms with Crippen molar-refractivity contribution in [1.82, 2.24) is 9.78 Å². The molecule has 0 radical (unpaired) electrons. The SMILES string of the molecule is CCNc1nn(Cc2cccc(F)c2)c(N)c1C(=O)OC. The molecule has 0 aliphatic heterocycles. The molecule has 112 valence electrons. The molecule has 1 heterocycles. The summed E-state index contributed by atoms with van der Waals surface area (Å²) in [5.41, 5.74) is 6.85. The molecule has 0 atom stereocenters. The third kappa shape index (κ3) is 3.13. The van der Waals surface area contributed by atoms with Crippen LogP contribution < -0.4 is 11.1 Å². The fourth-order valence-electron chi connectivity index (χ4n) is 2.00. The maximum absolute atomic E-state index is 13.2. The number of hydrogen-bond acceptors (Lipinski definition) is 5. The molecule has 7 heteroatoms. The zero-order valence-corrected chi connectivity index (χ0v) is 11.9. The number of halogens is 1. The number of nitrogens with two attached hydrogens (primary N) is 1. The molecule has 0 saturated carbocycles. The molecule has 1 aromatic heterocycles. The number of nitrogens with one attached hydrogen (secondary N) is 1.